The van der Waals surface area contributed by atoms with Gasteiger partial charge in [0.1, 0.15) is 11.6 Å². The predicted molar refractivity (Wildman–Crippen MR) is 88.4 cm³/mol. The minimum atomic E-state index is -0.922. The standard InChI is InChI=1S/C19H18FNO3/c1-19(2,11-21)16-9-12(18(22)24-4)5-7-14(16)15-10-13(23-3)6-8-17(15)20/h5-10H,1-4H3. The first-order valence-corrected chi connectivity index (χ1v) is 7.32. The summed E-state index contributed by atoms with van der Waals surface area (Å²) in [5, 5.41) is 9.49. The summed E-state index contributed by atoms with van der Waals surface area (Å²) in [5.41, 5.74) is 0.771. The number of hydrogen-bond donors (Lipinski definition) is 0. The summed E-state index contributed by atoms with van der Waals surface area (Å²) in [6, 6.07) is 11.3. The molecule has 24 heavy (non-hydrogen) atoms. The van der Waals surface area contributed by atoms with Crippen molar-refractivity contribution < 1.29 is 18.7 Å². The van der Waals surface area contributed by atoms with Crippen molar-refractivity contribution in [2.45, 2.75) is 19.3 Å². The van der Waals surface area contributed by atoms with Gasteiger partial charge in [0.05, 0.1) is 31.3 Å². The van der Waals surface area contributed by atoms with Crippen LogP contribution in [0.1, 0.15) is 29.8 Å². The van der Waals surface area contributed by atoms with Crippen LogP contribution >= 0.6 is 0 Å². The fourth-order valence-electron chi connectivity index (χ4n) is 2.44. The number of rotatable bonds is 4. The van der Waals surface area contributed by atoms with Gasteiger partial charge in [0.2, 0.25) is 0 Å². The van der Waals surface area contributed by atoms with E-state index >= 15 is 0 Å². The zero-order valence-corrected chi connectivity index (χ0v) is 14.0. The molecule has 0 radical (unpaired) electrons. The Morgan fingerprint density at radius 2 is 1.83 bits per heavy atom. The Hall–Kier alpha value is -2.87. The summed E-state index contributed by atoms with van der Waals surface area (Å²) in [6.45, 7) is 3.43. The molecule has 4 nitrogen and oxygen atoms in total. The summed E-state index contributed by atoms with van der Waals surface area (Å²) in [6.07, 6.45) is 0. The second-order valence-corrected chi connectivity index (χ2v) is 5.83. The third-order valence-corrected chi connectivity index (χ3v) is 3.86. The van der Waals surface area contributed by atoms with Crippen molar-refractivity contribution in [2.75, 3.05) is 14.2 Å². The van der Waals surface area contributed by atoms with Gasteiger partial charge in [-0.1, -0.05) is 6.07 Å². The van der Waals surface area contributed by atoms with Gasteiger partial charge in [-0.05, 0) is 55.3 Å². The van der Waals surface area contributed by atoms with Crippen LogP contribution in [0.2, 0.25) is 0 Å². The molecule has 0 saturated heterocycles. The number of nitrogens with zero attached hydrogens (tertiary/aromatic N) is 1. The highest BCUT2D eigenvalue weighted by Gasteiger charge is 2.26. The van der Waals surface area contributed by atoms with E-state index in [0.717, 1.165) is 0 Å². The van der Waals surface area contributed by atoms with Crippen LogP contribution in [0.3, 0.4) is 0 Å². The van der Waals surface area contributed by atoms with E-state index in [1.165, 1.54) is 26.4 Å². The maximum Gasteiger partial charge on any atom is 0.337 e. The van der Waals surface area contributed by atoms with E-state index in [-0.39, 0.29) is 0 Å². The van der Waals surface area contributed by atoms with Gasteiger partial charge < -0.3 is 9.47 Å². The molecule has 0 unspecified atom stereocenters. The number of nitriles is 1. The molecule has 0 N–H and O–H groups in total. The number of benzene rings is 2. The van der Waals surface area contributed by atoms with Gasteiger partial charge >= 0.3 is 5.97 Å². The van der Waals surface area contributed by atoms with E-state index in [1.807, 2.05) is 0 Å². The third-order valence-electron chi connectivity index (χ3n) is 3.86. The van der Waals surface area contributed by atoms with Crippen LogP contribution < -0.4 is 4.74 Å². The Bertz CT molecular complexity index is 822. The van der Waals surface area contributed by atoms with Gasteiger partial charge in [-0.15, -0.1) is 0 Å². The SMILES string of the molecule is COC(=O)c1ccc(-c2cc(OC)ccc2F)c(C(C)(C)C#N)c1. The lowest BCUT2D eigenvalue weighted by atomic mass is 9.80. The smallest absolute Gasteiger partial charge is 0.337 e. The van der Waals surface area contributed by atoms with Gasteiger partial charge in [-0.2, -0.15) is 5.26 Å². The zero-order chi connectivity index (χ0) is 17.9. The summed E-state index contributed by atoms with van der Waals surface area (Å²) >= 11 is 0. The normalized spacial score (nSPS) is 10.8. The van der Waals surface area contributed by atoms with Gasteiger partial charge in [0.15, 0.2) is 0 Å². The van der Waals surface area contributed by atoms with Crippen molar-refractivity contribution in [1.82, 2.24) is 0 Å². The summed E-state index contributed by atoms with van der Waals surface area (Å²) < 4.78 is 24.2. The number of methoxy groups -OCH3 is 2. The Morgan fingerprint density at radius 3 is 2.42 bits per heavy atom. The van der Waals surface area contributed by atoms with Crippen LogP contribution in [-0.2, 0) is 10.2 Å². The molecule has 0 amide bonds. The van der Waals surface area contributed by atoms with E-state index in [2.05, 4.69) is 6.07 Å². The monoisotopic (exact) mass is 327 g/mol. The summed E-state index contributed by atoms with van der Waals surface area (Å²) in [5.74, 6) is -0.441. The minimum Gasteiger partial charge on any atom is -0.497 e. The van der Waals surface area contributed by atoms with Gasteiger partial charge in [0, 0.05) is 5.56 Å². The molecule has 2 rings (SSSR count). The van der Waals surface area contributed by atoms with Crippen LogP contribution in [0.5, 0.6) is 5.75 Å². The molecule has 5 heteroatoms. The lowest BCUT2D eigenvalue weighted by Gasteiger charge is -2.21. The molecule has 0 heterocycles. The number of esters is 1. The van der Waals surface area contributed by atoms with E-state index in [0.29, 0.717) is 28.0 Å². The molecular formula is C19H18FNO3. The van der Waals surface area contributed by atoms with E-state index in [9.17, 15) is 14.4 Å². The van der Waals surface area contributed by atoms with Gasteiger partial charge in [0.25, 0.3) is 0 Å². The van der Waals surface area contributed by atoms with E-state index in [1.54, 1.807) is 38.1 Å². The molecule has 0 atom stereocenters. The number of hydrogen-bond acceptors (Lipinski definition) is 4. The molecule has 0 bridgehead atoms. The molecule has 0 aliphatic rings. The van der Waals surface area contributed by atoms with Crippen molar-refractivity contribution >= 4 is 5.97 Å². The molecule has 0 saturated carbocycles. The van der Waals surface area contributed by atoms with Crippen LogP contribution in [-0.4, -0.2) is 20.2 Å². The molecule has 0 aromatic heterocycles. The molecule has 2 aromatic carbocycles. The highest BCUT2D eigenvalue weighted by molar-refractivity contribution is 5.91. The van der Waals surface area contributed by atoms with Crippen LogP contribution in [0.4, 0.5) is 4.39 Å². The number of halogens is 1. The number of carbonyl (C=O) groups is 1. The van der Waals surface area contributed by atoms with Crippen LogP contribution in [0.25, 0.3) is 11.1 Å². The van der Waals surface area contributed by atoms with Crippen molar-refractivity contribution in [3.63, 3.8) is 0 Å². The molecule has 124 valence electrons. The van der Waals surface area contributed by atoms with Crippen molar-refractivity contribution in [2.24, 2.45) is 0 Å². The molecule has 0 spiro atoms. The number of carbonyl (C=O) groups excluding carboxylic acids is 1. The molecule has 2 aromatic rings. The average Bonchev–Trinajstić information content (AvgIpc) is 2.61. The van der Waals surface area contributed by atoms with Crippen molar-refractivity contribution in [3.05, 3.63) is 53.3 Å². The molecule has 0 aliphatic heterocycles. The third kappa shape index (κ3) is 3.23. The average molecular weight is 327 g/mol. The second-order valence-electron chi connectivity index (χ2n) is 5.83. The van der Waals surface area contributed by atoms with Crippen molar-refractivity contribution in [3.8, 4) is 22.9 Å². The van der Waals surface area contributed by atoms with E-state index < -0.39 is 17.2 Å². The van der Waals surface area contributed by atoms with Crippen molar-refractivity contribution in [1.29, 1.82) is 5.26 Å². The lowest BCUT2D eigenvalue weighted by Crippen LogP contribution is -2.17. The maximum atomic E-state index is 14.4. The highest BCUT2D eigenvalue weighted by atomic mass is 19.1. The molecular weight excluding hydrogens is 309 g/mol. The lowest BCUT2D eigenvalue weighted by molar-refractivity contribution is 0.0600. The Balaban J connectivity index is 2.75. The van der Waals surface area contributed by atoms with Crippen LogP contribution in [0.15, 0.2) is 36.4 Å². The Labute approximate surface area is 140 Å². The topological polar surface area (TPSA) is 59.3 Å². The highest BCUT2D eigenvalue weighted by Crippen LogP contribution is 2.36. The first-order chi connectivity index (χ1) is 11.3. The first-order valence-electron chi connectivity index (χ1n) is 7.32. The quantitative estimate of drug-likeness (QED) is 0.794. The van der Waals surface area contributed by atoms with E-state index in [4.69, 9.17) is 9.47 Å². The molecule has 0 aliphatic carbocycles. The zero-order valence-electron chi connectivity index (χ0n) is 14.0. The largest absolute Gasteiger partial charge is 0.497 e. The summed E-state index contributed by atoms with van der Waals surface area (Å²) in [7, 11) is 2.78. The van der Waals surface area contributed by atoms with Gasteiger partial charge in [-0.25, -0.2) is 9.18 Å². The van der Waals surface area contributed by atoms with Gasteiger partial charge in [-0.3, -0.25) is 0 Å². The maximum absolute atomic E-state index is 14.4. The molecule has 0 fully saturated rings. The predicted octanol–water partition coefficient (Wildman–Crippen LogP) is 4.09. The number of ether oxygens (including phenoxy) is 2. The van der Waals surface area contributed by atoms with Crippen LogP contribution in [0, 0.1) is 17.1 Å². The summed E-state index contributed by atoms with van der Waals surface area (Å²) in [4.78, 5) is 11.8. The minimum absolute atomic E-state index is 0.308. The Kier molecular flexibility index (Phi) is 4.89. The first kappa shape index (κ1) is 17.5. The fraction of sp³-hybridized carbons (Fsp3) is 0.263. The Morgan fingerprint density at radius 1 is 1.12 bits per heavy atom. The fourth-order valence-corrected chi connectivity index (χ4v) is 2.44. The second kappa shape index (κ2) is 6.71.